The van der Waals surface area contributed by atoms with Crippen LogP contribution in [0.3, 0.4) is 0 Å². The molecule has 3 rings (SSSR count). The van der Waals surface area contributed by atoms with Gasteiger partial charge >= 0.3 is 0 Å². The van der Waals surface area contributed by atoms with Crippen LogP contribution in [-0.2, 0) is 11.2 Å². The summed E-state index contributed by atoms with van der Waals surface area (Å²) in [4.78, 5) is 20.7. The summed E-state index contributed by atoms with van der Waals surface area (Å²) in [7, 11) is 0. The number of rotatable bonds is 5. The van der Waals surface area contributed by atoms with Crippen LogP contribution in [0.5, 0.6) is 0 Å². The molecule has 3 aromatic rings. The number of nitrogens with zero attached hydrogens (tertiary/aromatic N) is 2. The molecule has 0 aliphatic carbocycles. The maximum atomic E-state index is 12.1. The first kappa shape index (κ1) is 16.4. The highest BCUT2D eigenvalue weighted by atomic mass is 35.5. The minimum absolute atomic E-state index is 0.135. The van der Waals surface area contributed by atoms with Crippen LogP contribution in [0.4, 0.5) is 16.6 Å². The average Bonchev–Trinajstić information content (AvgIpc) is 2.99. The predicted octanol–water partition coefficient (Wildman–Crippen LogP) is 4.42. The lowest BCUT2D eigenvalue weighted by Crippen LogP contribution is -2.14. The van der Waals surface area contributed by atoms with Crippen molar-refractivity contribution < 1.29 is 4.79 Å². The van der Waals surface area contributed by atoms with Gasteiger partial charge in [-0.15, -0.1) is 11.3 Å². The molecule has 0 saturated heterocycles. The van der Waals surface area contributed by atoms with E-state index in [-0.39, 0.29) is 12.3 Å². The molecule has 0 fully saturated rings. The summed E-state index contributed by atoms with van der Waals surface area (Å²) >= 11 is 7.50. The molecule has 0 unspecified atom stereocenters. The molecule has 0 atom stereocenters. The van der Waals surface area contributed by atoms with Crippen LogP contribution in [0.15, 0.2) is 48.0 Å². The molecular formula is C17H15ClN4OS. The Morgan fingerprint density at radius 2 is 2.17 bits per heavy atom. The number of anilines is 3. The summed E-state index contributed by atoms with van der Waals surface area (Å²) in [5.74, 6) is 0.585. The fraction of sp³-hybridized carbons (Fsp3) is 0.118. The number of carbonyl (C=O) groups excluding carboxylic acids is 1. The van der Waals surface area contributed by atoms with Crippen LogP contribution in [0.25, 0.3) is 0 Å². The van der Waals surface area contributed by atoms with Crippen LogP contribution in [0, 0.1) is 6.92 Å². The standard InChI is InChI=1S/C17H15ClN4OS/c1-11-5-6-12(8-14(11)18)20-16(23)9-13-10-24-17(21-13)22-15-4-2-3-7-19-15/h2-8,10H,9H2,1H3,(H,20,23)(H,19,21,22). The van der Waals surface area contributed by atoms with Crippen molar-refractivity contribution in [3.63, 3.8) is 0 Å². The molecule has 0 aliphatic rings. The number of thiazole rings is 1. The number of pyridine rings is 1. The average molecular weight is 359 g/mol. The molecule has 2 N–H and O–H groups in total. The van der Waals surface area contributed by atoms with Crippen LogP contribution in [0.2, 0.25) is 5.02 Å². The third-order valence-electron chi connectivity index (χ3n) is 3.25. The zero-order valence-electron chi connectivity index (χ0n) is 12.9. The monoisotopic (exact) mass is 358 g/mol. The lowest BCUT2D eigenvalue weighted by atomic mass is 10.2. The van der Waals surface area contributed by atoms with Crippen LogP contribution in [-0.4, -0.2) is 15.9 Å². The van der Waals surface area contributed by atoms with Crippen molar-refractivity contribution >= 4 is 45.5 Å². The number of aromatic nitrogens is 2. The van der Waals surface area contributed by atoms with E-state index in [1.165, 1.54) is 11.3 Å². The van der Waals surface area contributed by atoms with Gasteiger partial charge in [0.1, 0.15) is 5.82 Å². The molecule has 1 amide bonds. The van der Waals surface area contributed by atoms with E-state index >= 15 is 0 Å². The van der Waals surface area contributed by atoms with Gasteiger partial charge in [0.2, 0.25) is 5.91 Å². The second-order valence-electron chi connectivity index (χ2n) is 5.17. The van der Waals surface area contributed by atoms with Crippen molar-refractivity contribution in [2.75, 3.05) is 10.6 Å². The summed E-state index contributed by atoms with van der Waals surface area (Å²) in [5.41, 5.74) is 2.35. The SMILES string of the molecule is Cc1ccc(NC(=O)Cc2csc(Nc3ccccn3)n2)cc1Cl. The highest BCUT2D eigenvalue weighted by molar-refractivity contribution is 7.13. The smallest absolute Gasteiger partial charge is 0.230 e. The first-order valence-electron chi connectivity index (χ1n) is 7.28. The van der Waals surface area contributed by atoms with Gasteiger partial charge in [-0.1, -0.05) is 23.7 Å². The zero-order chi connectivity index (χ0) is 16.9. The Morgan fingerprint density at radius 1 is 1.29 bits per heavy atom. The highest BCUT2D eigenvalue weighted by Crippen LogP contribution is 2.22. The van der Waals surface area contributed by atoms with E-state index in [4.69, 9.17) is 11.6 Å². The topological polar surface area (TPSA) is 66.9 Å². The number of carbonyl (C=O) groups is 1. The van der Waals surface area contributed by atoms with Gasteiger partial charge in [-0.3, -0.25) is 4.79 Å². The van der Waals surface area contributed by atoms with Crippen molar-refractivity contribution in [1.82, 2.24) is 9.97 Å². The fourth-order valence-electron chi connectivity index (χ4n) is 2.03. The quantitative estimate of drug-likeness (QED) is 0.708. The summed E-state index contributed by atoms with van der Waals surface area (Å²) in [6.45, 7) is 1.92. The molecule has 0 radical (unpaired) electrons. The van der Waals surface area contributed by atoms with Gasteiger partial charge in [0.05, 0.1) is 12.1 Å². The molecule has 5 nitrogen and oxygen atoms in total. The van der Waals surface area contributed by atoms with Crippen molar-refractivity contribution in [2.45, 2.75) is 13.3 Å². The van der Waals surface area contributed by atoms with Crippen LogP contribution >= 0.6 is 22.9 Å². The molecule has 2 aromatic heterocycles. The molecule has 0 saturated carbocycles. The molecule has 24 heavy (non-hydrogen) atoms. The predicted molar refractivity (Wildman–Crippen MR) is 98.2 cm³/mol. The number of halogens is 1. The molecule has 1 aromatic carbocycles. The third-order valence-corrected chi connectivity index (χ3v) is 4.46. The number of nitrogens with one attached hydrogen (secondary N) is 2. The second-order valence-corrected chi connectivity index (χ2v) is 6.44. The molecule has 0 bridgehead atoms. The number of aryl methyl sites for hydroxylation is 1. The van der Waals surface area contributed by atoms with Gasteiger partial charge < -0.3 is 10.6 Å². The Morgan fingerprint density at radius 3 is 2.92 bits per heavy atom. The van der Waals surface area contributed by atoms with E-state index in [0.29, 0.717) is 21.5 Å². The molecule has 0 aliphatic heterocycles. The van der Waals surface area contributed by atoms with E-state index in [0.717, 1.165) is 11.4 Å². The second kappa shape index (κ2) is 7.42. The Bertz CT molecular complexity index is 851. The molecule has 2 heterocycles. The van der Waals surface area contributed by atoms with Crippen molar-refractivity contribution in [2.24, 2.45) is 0 Å². The number of hydrogen-bond donors (Lipinski definition) is 2. The molecular weight excluding hydrogens is 344 g/mol. The normalized spacial score (nSPS) is 10.4. The number of hydrogen-bond acceptors (Lipinski definition) is 5. The zero-order valence-corrected chi connectivity index (χ0v) is 14.5. The van der Waals surface area contributed by atoms with E-state index in [9.17, 15) is 4.79 Å². The first-order valence-corrected chi connectivity index (χ1v) is 8.54. The van der Waals surface area contributed by atoms with Gasteiger partial charge in [-0.05, 0) is 36.8 Å². The van der Waals surface area contributed by atoms with Gasteiger partial charge in [-0.2, -0.15) is 0 Å². The largest absolute Gasteiger partial charge is 0.326 e. The first-order chi connectivity index (χ1) is 11.6. The van der Waals surface area contributed by atoms with Crippen molar-refractivity contribution in [3.05, 3.63) is 64.3 Å². The molecule has 122 valence electrons. The third kappa shape index (κ3) is 4.31. The van der Waals surface area contributed by atoms with E-state index in [1.807, 2.05) is 42.6 Å². The minimum atomic E-state index is -0.135. The maximum absolute atomic E-state index is 12.1. The van der Waals surface area contributed by atoms with Crippen molar-refractivity contribution in [3.8, 4) is 0 Å². The van der Waals surface area contributed by atoms with Crippen LogP contribution < -0.4 is 10.6 Å². The number of amides is 1. The Labute approximate surface area is 148 Å². The Kier molecular flexibility index (Phi) is 5.08. The van der Waals surface area contributed by atoms with Crippen molar-refractivity contribution in [1.29, 1.82) is 0 Å². The summed E-state index contributed by atoms with van der Waals surface area (Å²) in [6, 6.07) is 11.0. The Balaban J connectivity index is 1.59. The lowest BCUT2D eigenvalue weighted by molar-refractivity contribution is -0.115. The van der Waals surface area contributed by atoms with Gasteiger partial charge in [-0.25, -0.2) is 9.97 Å². The van der Waals surface area contributed by atoms with E-state index in [2.05, 4.69) is 20.6 Å². The van der Waals surface area contributed by atoms with Gasteiger partial charge in [0.15, 0.2) is 5.13 Å². The fourth-order valence-corrected chi connectivity index (χ4v) is 2.93. The highest BCUT2D eigenvalue weighted by Gasteiger charge is 2.09. The van der Waals surface area contributed by atoms with Gasteiger partial charge in [0.25, 0.3) is 0 Å². The van der Waals surface area contributed by atoms with Crippen LogP contribution in [0.1, 0.15) is 11.3 Å². The van der Waals surface area contributed by atoms with E-state index in [1.54, 1.807) is 12.3 Å². The molecule has 0 spiro atoms. The number of benzene rings is 1. The lowest BCUT2D eigenvalue weighted by Gasteiger charge is -2.06. The minimum Gasteiger partial charge on any atom is -0.326 e. The van der Waals surface area contributed by atoms with E-state index < -0.39 is 0 Å². The Hall–Kier alpha value is -2.44. The molecule has 7 heteroatoms. The summed E-state index contributed by atoms with van der Waals surface area (Å²) in [5, 5.41) is 9.12. The summed E-state index contributed by atoms with van der Waals surface area (Å²) in [6.07, 6.45) is 1.91. The maximum Gasteiger partial charge on any atom is 0.230 e. The van der Waals surface area contributed by atoms with Gasteiger partial charge in [0, 0.05) is 22.3 Å². The summed E-state index contributed by atoms with van der Waals surface area (Å²) < 4.78 is 0.